The van der Waals surface area contributed by atoms with Gasteiger partial charge in [-0.15, -0.1) is 11.3 Å². The van der Waals surface area contributed by atoms with Gasteiger partial charge in [-0.05, 0) is 18.1 Å². The maximum absolute atomic E-state index is 5.72. The summed E-state index contributed by atoms with van der Waals surface area (Å²) in [6.45, 7) is 2.59. The van der Waals surface area contributed by atoms with Crippen molar-refractivity contribution in [3.63, 3.8) is 0 Å². The lowest BCUT2D eigenvalue weighted by molar-refractivity contribution is 0.299. The van der Waals surface area contributed by atoms with E-state index in [9.17, 15) is 0 Å². The van der Waals surface area contributed by atoms with Gasteiger partial charge in [0.1, 0.15) is 12.4 Å². The fourth-order valence-corrected chi connectivity index (χ4v) is 2.02. The van der Waals surface area contributed by atoms with E-state index in [0.717, 1.165) is 17.9 Å². The maximum atomic E-state index is 5.72. The van der Waals surface area contributed by atoms with E-state index in [1.165, 1.54) is 16.9 Å². The van der Waals surface area contributed by atoms with Crippen molar-refractivity contribution in [1.29, 1.82) is 0 Å². The van der Waals surface area contributed by atoms with Gasteiger partial charge in [0.15, 0.2) is 5.13 Å². The number of ether oxygens (including phenoxy) is 1. The third kappa shape index (κ3) is 2.52. The van der Waals surface area contributed by atoms with E-state index in [-0.39, 0.29) is 0 Å². The highest BCUT2D eigenvalue weighted by Gasteiger charge is 2.03. The van der Waals surface area contributed by atoms with E-state index in [0.29, 0.717) is 11.7 Å². The van der Waals surface area contributed by atoms with Crippen LogP contribution in [0.4, 0.5) is 5.13 Å². The van der Waals surface area contributed by atoms with E-state index >= 15 is 0 Å². The van der Waals surface area contributed by atoms with E-state index in [1.54, 1.807) is 0 Å². The molecule has 0 fully saturated rings. The van der Waals surface area contributed by atoms with E-state index in [4.69, 9.17) is 10.5 Å². The van der Waals surface area contributed by atoms with Crippen molar-refractivity contribution >= 4 is 16.5 Å². The van der Waals surface area contributed by atoms with Gasteiger partial charge in [-0.1, -0.05) is 25.1 Å². The largest absolute Gasteiger partial charge is 0.487 e. The van der Waals surface area contributed by atoms with Crippen LogP contribution in [0.3, 0.4) is 0 Å². The minimum Gasteiger partial charge on any atom is -0.487 e. The van der Waals surface area contributed by atoms with Crippen LogP contribution in [-0.2, 0) is 13.0 Å². The zero-order valence-electron chi connectivity index (χ0n) is 9.14. The molecular weight excluding hydrogens is 220 g/mol. The van der Waals surface area contributed by atoms with Gasteiger partial charge < -0.3 is 10.5 Å². The molecular formula is C12H14N2OS. The van der Waals surface area contributed by atoms with Crippen LogP contribution in [0.15, 0.2) is 29.6 Å². The zero-order valence-corrected chi connectivity index (χ0v) is 9.96. The molecule has 0 aliphatic rings. The van der Waals surface area contributed by atoms with Crippen molar-refractivity contribution in [1.82, 2.24) is 4.98 Å². The molecule has 0 aliphatic carbocycles. The molecule has 84 valence electrons. The van der Waals surface area contributed by atoms with Gasteiger partial charge in [0, 0.05) is 5.38 Å². The Morgan fingerprint density at radius 1 is 1.38 bits per heavy atom. The smallest absolute Gasteiger partial charge is 0.180 e. The number of hydrogen-bond acceptors (Lipinski definition) is 4. The molecule has 0 spiro atoms. The molecule has 0 unspecified atom stereocenters. The normalized spacial score (nSPS) is 10.3. The highest BCUT2D eigenvalue weighted by Crippen LogP contribution is 2.20. The molecule has 0 aliphatic heterocycles. The Morgan fingerprint density at radius 2 is 2.19 bits per heavy atom. The molecule has 16 heavy (non-hydrogen) atoms. The fourth-order valence-electron chi connectivity index (χ4n) is 1.48. The number of aryl methyl sites for hydroxylation is 1. The van der Waals surface area contributed by atoms with Crippen molar-refractivity contribution in [2.45, 2.75) is 20.0 Å². The second kappa shape index (κ2) is 4.99. The molecule has 2 aromatic rings. The van der Waals surface area contributed by atoms with Gasteiger partial charge in [0.2, 0.25) is 0 Å². The molecule has 0 saturated carbocycles. The first-order valence-corrected chi connectivity index (χ1v) is 6.08. The van der Waals surface area contributed by atoms with Gasteiger partial charge in [-0.3, -0.25) is 0 Å². The standard InChI is InChI=1S/C12H14N2OS/c1-2-9-5-3-4-6-11(9)15-7-10-8-16-12(13)14-10/h3-6,8H,2,7H2,1H3,(H2,13,14). The van der Waals surface area contributed by atoms with Gasteiger partial charge in [-0.2, -0.15) is 0 Å². The van der Waals surface area contributed by atoms with Gasteiger partial charge in [-0.25, -0.2) is 4.98 Å². The third-order valence-corrected chi connectivity index (χ3v) is 3.02. The number of nitrogens with zero attached hydrogens (tertiary/aromatic N) is 1. The second-order valence-corrected chi connectivity index (χ2v) is 4.32. The number of nitrogen functional groups attached to an aromatic ring is 1. The van der Waals surface area contributed by atoms with Crippen molar-refractivity contribution in [3.05, 3.63) is 40.9 Å². The van der Waals surface area contributed by atoms with Crippen molar-refractivity contribution in [3.8, 4) is 5.75 Å². The molecule has 0 bridgehead atoms. The molecule has 0 amide bonds. The number of thiazole rings is 1. The third-order valence-electron chi connectivity index (χ3n) is 2.30. The van der Waals surface area contributed by atoms with Crippen LogP contribution in [-0.4, -0.2) is 4.98 Å². The average molecular weight is 234 g/mol. The highest BCUT2D eigenvalue weighted by molar-refractivity contribution is 7.13. The predicted molar refractivity (Wildman–Crippen MR) is 66.7 cm³/mol. The summed E-state index contributed by atoms with van der Waals surface area (Å²) in [5, 5.41) is 2.51. The summed E-state index contributed by atoms with van der Waals surface area (Å²) < 4.78 is 5.72. The topological polar surface area (TPSA) is 48.1 Å². The summed E-state index contributed by atoms with van der Waals surface area (Å²) in [7, 11) is 0. The Morgan fingerprint density at radius 3 is 2.88 bits per heavy atom. The zero-order chi connectivity index (χ0) is 11.4. The molecule has 0 saturated heterocycles. The van der Waals surface area contributed by atoms with Crippen LogP contribution >= 0.6 is 11.3 Å². The predicted octanol–water partition coefficient (Wildman–Crippen LogP) is 2.87. The van der Waals surface area contributed by atoms with E-state index in [2.05, 4.69) is 18.0 Å². The molecule has 1 heterocycles. The van der Waals surface area contributed by atoms with Crippen LogP contribution in [0.2, 0.25) is 0 Å². The Bertz CT molecular complexity index is 468. The number of aromatic nitrogens is 1. The monoisotopic (exact) mass is 234 g/mol. The first-order valence-electron chi connectivity index (χ1n) is 5.20. The van der Waals surface area contributed by atoms with E-state index in [1.807, 2.05) is 23.6 Å². The molecule has 1 aromatic heterocycles. The number of benzene rings is 1. The average Bonchev–Trinajstić information content (AvgIpc) is 2.73. The lowest BCUT2D eigenvalue weighted by Gasteiger charge is -2.08. The lowest BCUT2D eigenvalue weighted by atomic mass is 10.1. The Kier molecular flexibility index (Phi) is 3.41. The number of anilines is 1. The first kappa shape index (κ1) is 11.0. The number of para-hydroxylation sites is 1. The summed E-state index contributed by atoms with van der Waals surface area (Å²) in [5.74, 6) is 0.927. The fraction of sp³-hybridized carbons (Fsp3) is 0.250. The highest BCUT2D eigenvalue weighted by atomic mass is 32.1. The summed E-state index contributed by atoms with van der Waals surface area (Å²) in [6.07, 6.45) is 0.968. The Hall–Kier alpha value is -1.55. The van der Waals surface area contributed by atoms with Crippen LogP contribution in [0.25, 0.3) is 0 Å². The van der Waals surface area contributed by atoms with Crippen LogP contribution in [0.5, 0.6) is 5.75 Å². The minimum absolute atomic E-state index is 0.477. The number of rotatable bonds is 4. The van der Waals surface area contributed by atoms with Crippen LogP contribution < -0.4 is 10.5 Å². The van der Waals surface area contributed by atoms with Gasteiger partial charge >= 0.3 is 0 Å². The first-order chi connectivity index (χ1) is 7.79. The van der Waals surface area contributed by atoms with Gasteiger partial charge in [0.25, 0.3) is 0 Å². The van der Waals surface area contributed by atoms with Crippen LogP contribution in [0, 0.1) is 0 Å². The summed E-state index contributed by atoms with van der Waals surface area (Å²) in [4.78, 5) is 4.15. The Balaban J connectivity index is 2.04. The maximum Gasteiger partial charge on any atom is 0.180 e. The molecule has 2 N–H and O–H groups in total. The molecule has 1 aromatic carbocycles. The van der Waals surface area contributed by atoms with Gasteiger partial charge in [0.05, 0.1) is 5.69 Å². The second-order valence-electron chi connectivity index (χ2n) is 3.43. The SMILES string of the molecule is CCc1ccccc1OCc1csc(N)n1. The van der Waals surface area contributed by atoms with Crippen LogP contribution in [0.1, 0.15) is 18.2 Å². The summed E-state index contributed by atoms with van der Waals surface area (Å²) in [5.41, 5.74) is 7.65. The number of hydrogen-bond donors (Lipinski definition) is 1. The lowest BCUT2D eigenvalue weighted by Crippen LogP contribution is -1.98. The summed E-state index contributed by atoms with van der Waals surface area (Å²) >= 11 is 1.44. The van der Waals surface area contributed by atoms with Crippen molar-refractivity contribution < 1.29 is 4.74 Å². The van der Waals surface area contributed by atoms with Crippen molar-refractivity contribution in [2.75, 3.05) is 5.73 Å². The molecule has 3 nitrogen and oxygen atoms in total. The molecule has 2 rings (SSSR count). The van der Waals surface area contributed by atoms with E-state index < -0.39 is 0 Å². The minimum atomic E-state index is 0.477. The molecule has 0 radical (unpaired) electrons. The van der Waals surface area contributed by atoms with Crippen molar-refractivity contribution in [2.24, 2.45) is 0 Å². The molecule has 4 heteroatoms. The molecule has 0 atom stereocenters. The quantitative estimate of drug-likeness (QED) is 0.885. The Labute approximate surface area is 98.9 Å². The number of nitrogens with two attached hydrogens (primary N) is 1. The summed E-state index contributed by atoms with van der Waals surface area (Å²) in [6, 6.07) is 8.05.